The van der Waals surface area contributed by atoms with Gasteiger partial charge in [0.2, 0.25) is 5.91 Å². The summed E-state index contributed by atoms with van der Waals surface area (Å²) < 4.78 is 1.92. The van der Waals surface area contributed by atoms with Gasteiger partial charge in [0, 0.05) is 44.5 Å². The van der Waals surface area contributed by atoms with Crippen molar-refractivity contribution in [3.05, 3.63) is 48.7 Å². The van der Waals surface area contributed by atoms with Gasteiger partial charge in [-0.2, -0.15) is 0 Å². The zero-order chi connectivity index (χ0) is 19.3. The van der Waals surface area contributed by atoms with Crippen molar-refractivity contribution in [3.8, 4) is 0 Å². The molecule has 2 N–H and O–H groups in total. The summed E-state index contributed by atoms with van der Waals surface area (Å²) in [6, 6.07) is 7.91. The molecule has 146 valence electrons. The number of anilines is 1. The van der Waals surface area contributed by atoms with Crippen LogP contribution in [0.2, 0.25) is 0 Å². The maximum absolute atomic E-state index is 12.5. The molecule has 1 saturated heterocycles. The van der Waals surface area contributed by atoms with Crippen LogP contribution in [0, 0.1) is 0 Å². The van der Waals surface area contributed by atoms with Crippen LogP contribution in [-0.4, -0.2) is 49.7 Å². The third-order valence-electron chi connectivity index (χ3n) is 5.17. The maximum Gasteiger partial charge on any atom is 0.222 e. The molecule has 0 radical (unpaired) electrons. The minimum atomic E-state index is -0.142. The van der Waals surface area contributed by atoms with Crippen LogP contribution in [-0.2, 0) is 17.9 Å². The molecule has 28 heavy (non-hydrogen) atoms. The Labute approximate surface area is 163 Å². The van der Waals surface area contributed by atoms with E-state index >= 15 is 0 Å². The molecule has 4 rings (SSSR count). The molecular weight excluding hydrogens is 356 g/mol. The summed E-state index contributed by atoms with van der Waals surface area (Å²) in [5, 5.41) is 12.7. The highest BCUT2D eigenvalue weighted by molar-refractivity contribution is 5.78. The Morgan fingerprint density at radius 1 is 1.21 bits per heavy atom. The Morgan fingerprint density at radius 3 is 2.79 bits per heavy atom. The molecule has 0 aliphatic carbocycles. The number of rotatable bonds is 6. The molecule has 3 aromatic rings. The van der Waals surface area contributed by atoms with Crippen molar-refractivity contribution in [3.63, 3.8) is 0 Å². The SMILES string of the molecule is O=C(CCn1c(CO)nc2ccccc21)NC1CCN(c2cnccn2)CC1. The standard InChI is InChI=1S/C20H24N6O2/c27-14-19-24-16-3-1-2-4-17(16)26(19)12-7-20(28)23-15-5-10-25(11-6-15)18-13-21-8-9-22-18/h1-4,8-9,13,15,27H,5-7,10-12,14H2,(H,23,28). The average molecular weight is 380 g/mol. The quantitative estimate of drug-likeness (QED) is 0.673. The van der Waals surface area contributed by atoms with E-state index in [9.17, 15) is 9.90 Å². The number of hydrogen-bond acceptors (Lipinski definition) is 6. The second-order valence-corrected chi connectivity index (χ2v) is 6.97. The first-order valence-electron chi connectivity index (χ1n) is 9.60. The summed E-state index contributed by atoms with van der Waals surface area (Å²) in [5.74, 6) is 1.50. The molecule has 0 spiro atoms. The minimum Gasteiger partial charge on any atom is -0.388 e. The van der Waals surface area contributed by atoms with Gasteiger partial charge in [0.25, 0.3) is 0 Å². The third kappa shape index (κ3) is 3.96. The largest absolute Gasteiger partial charge is 0.388 e. The normalized spacial score (nSPS) is 15.1. The molecule has 0 atom stereocenters. The first kappa shape index (κ1) is 18.4. The van der Waals surface area contributed by atoms with Crippen LogP contribution in [0.1, 0.15) is 25.1 Å². The molecule has 0 saturated carbocycles. The minimum absolute atomic E-state index is 0.0274. The number of aryl methyl sites for hydroxylation is 1. The van der Waals surface area contributed by atoms with E-state index in [1.54, 1.807) is 18.6 Å². The van der Waals surface area contributed by atoms with E-state index in [0.29, 0.717) is 18.8 Å². The predicted molar refractivity (Wildman–Crippen MR) is 106 cm³/mol. The maximum atomic E-state index is 12.5. The lowest BCUT2D eigenvalue weighted by Gasteiger charge is -2.32. The van der Waals surface area contributed by atoms with Gasteiger partial charge in [-0.05, 0) is 25.0 Å². The van der Waals surface area contributed by atoms with Crippen LogP contribution in [0.4, 0.5) is 5.82 Å². The number of fused-ring (bicyclic) bond motifs is 1. The highest BCUT2D eigenvalue weighted by atomic mass is 16.3. The molecule has 8 nitrogen and oxygen atoms in total. The van der Waals surface area contributed by atoms with Crippen molar-refractivity contribution < 1.29 is 9.90 Å². The summed E-state index contributed by atoms with van der Waals surface area (Å²) in [7, 11) is 0. The number of nitrogens with zero attached hydrogens (tertiary/aromatic N) is 5. The lowest BCUT2D eigenvalue weighted by Crippen LogP contribution is -2.45. The van der Waals surface area contributed by atoms with Crippen molar-refractivity contribution in [2.24, 2.45) is 0 Å². The molecule has 3 heterocycles. The van der Waals surface area contributed by atoms with Gasteiger partial charge >= 0.3 is 0 Å². The number of aliphatic hydroxyl groups is 1. The molecule has 1 amide bonds. The predicted octanol–water partition coefficient (Wildman–Crippen LogP) is 1.49. The van der Waals surface area contributed by atoms with Crippen LogP contribution >= 0.6 is 0 Å². The Kier molecular flexibility index (Phi) is 5.48. The Bertz CT molecular complexity index is 934. The molecule has 1 aliphatic heterocycles. The van der Waals surface area contributed by atoms with E-state index in [-0.39, 0.29) is 18.6 Å². The highest BCUT2D eigenvalue weighted by Gasteiger charge is 2.21. The van der Waals surface area contributed by atoms with Crippen molar-refractivity contribution in [1.29, 1.82) is 0 Å². The summed E-state index contributed by atoms with van der Waals surface area (Å²) in [4.78, 5) is 27.5. The number of piperidine rings is 1. The Hall–Kier alpha value is -3.00. The van der Waals surface area contributed by atoms with E-state index in [1.165, 1.54) is 0 Å². The third-order valence-corrected chi connectivity index (χ3v) is 5.17. The van der Waals surface area contributed by atoms with E-state index in [1.807, 2.05) is 28.8 Å². The van der Waals surface area contributed by atoms with Gasteiger partial charge < -0.3 is 19.9 Å². The number of nitrogens with one attached hydrogen (secondary N) is 1. The Balaban J connectivity index is 1.30. The summed E-state index contributed by atoms with van der Waals surface area (Å²) in [6.45, 7) is 2.06. The van der Waals surface area contributed by atoms with E-state index in [2.05, 4.69) is 25.2 Å². The van der Waals surface area contributed by atoms with Gasteiger partial charge in [0.15, 0.2) is 0 Å². The molecule has 2 aromatic heterocycles. The highest BCUT2D eigenvalue weighted by Crippen LogP contribution is 2.18. The van der Waals surface area contributed by atoms with Gasteiger partial charge in [-0.15, -0.1) is 0 Å². The van der Waals surface area contributed by atoms with Gasteiger partial charge in [-0.3, -0.25) is 9.78 Å². The smallest absolute Gasteiger partial charge is 0.222 e. The number of para-hydroxylation sites is 2. The number of imidazole rings is 1. The van der Waals surface area contributed by atoms with Crippen molar-refractivity contribution in [1.82, 2.24) is 24.8 Å². The van der Waals surface area contributed by atoms with Gasteiger partial charge in [0.05, 0.1) is 17.2 Å². The molecule has 1 aliphatic rings. The van der Waals surface area contributed by atoms with E-state index in [4.69, 9.17) is 0 Å². The molecule has 8 heteroatoms. The Morgan fingerprint density at radius 2 is 2.04 bits per heavy atom. The summed E-state index contributed by atoms with van der Waals surface area (Å²) >= 11 is 0. The molecule has 1 aromatic carbocycles. The van der Waals surface area contributed by atoms with Crippen LogP contribution in [0.5, 0.6) is 0 Å². The van der Waals surface area contributed by atoms with Crippen molar-refractivity contribution >= 4 is 22.8 Å². The zero-order valence-corrected chi connectivity index (χ0v) is 15.7. The van der Waals surface area contributed by atoms with Crippen LogP contribution in [0.3, 0.4) is 0 Å². The van der Waals surface area contributed by atoms with Crippen LogP contribution in [0.15, 0.2) is 42.9 Å². The number of aliphatic hydroxyl groups excluding tert-OH is 1. The molecule has 1 fully saturated rings. The number of aromatic nitrogens is 4. The number of carbonyl (C=O) groups excluding carboxylic acids is 1. The number of hydrogen-bond donors (Lipinski definition) is 2. The van der Waals surface area contributed by atoms with E-state index in [0.717, 1.165) is 42.8 Å². The number of benzene rings is 1. The first-order valence-corrected chi connectivity index (χ1v) is 9.60. The lowest BCUT2D eigenvalue weighted by atomic mass is 10.0. The zero-order valence-electron chi connectivity index (χ0n) is 15.7. The monoisotopic (exact) mass is 380 g/mol. The number of amides is 1. The van der Waals surface area contributed by atoms with Gasteiger partial charge in [-0.25, -0.2) is 9.97 Å². The fourth-order valence-corrected chi connectivity index (χ4v) is 3.72. The summed E-state index contributed by atoms with van der Waals surface area (Å²) in [5.41, 5.74) is 1.78. The number of carbonyl (C=O) groups is 1. The van der Waals surface area contributed by atoms with Crippen LogP contribution < -0.4 is 10.2 Å². The van der Waals surface area contributed by atoms with Gasteiger partial charge in [0.1, 0.15) is 18.2 Å². The topological polar surface area (TPSA) is 96.2 Å². The van der Waals surface area contributed by atoms with Gasteiger partial charge in [-0.1, -0.05) is 12.1 Å². The fraction of sp³-hybridized carbons (Fsp3) is 0.400. The fourth-order valence-electron chi connectivity index (χ4n) is 3.72. The van der Waals surface area contributed by atoms with Crippen molar-refractivity contribution in [2.45, 2.75) is 38.5 Å². The average Bonchev–Trinajstić information content (AvgIpc) is 3.11. The summed E-state index contributed by atoms with van der Waals surface area (Å²) in [6.07, 6.45) is 7.27. The first-order chi connectivity index (χ1) is 13.7. The molecular formula is C20H24N6O2. The van der Waals surface area contributed by atoms with Crippen molar-refractivity contribution in [2.75, 3.05) is 18.0 Å². The van der Waals surface area contributed by atoms with E-state index < -0.39 is 0 Å². The lowest BCUT2D eigenvalue weighted by molar-refractivity contribution is -0.122. The van der Waals surface area contributed by atoms with Crippen LogP contribution in [0.25, 0.3) is 11.0 Å². The second kappa shape index (κ2) is 8.35. The second-order valence-electron chi connectivity index (χ2n) is 6.97. The molecule has 0 bridgehead atoms. The molecule has 0 unspecified atom stereocenters.